The Balaban J connectivity index is 1.38. The lowest BCUT2D eigenvalue weighted by molar-refractivity contribution is -0.144. The molecule has 9 nitrogen and oxygen atoms in total. The zero-order valence-corrected chi connectivity index (χ0v) is 22.7. The van der Waals surface area contributed by atoms with Gasteiger partial charge in [0.25, 0.3) is 5.56 Å². The van der Waals surface area contributed by atoms with Gasteiger partial charge in [0.15, 0.2) is 0 Å². The zero-order chi connectivity index (χ0) is 27.1. The molecule has 0 amide bonds. The van der Waals surface area contributed by atoms with E-state index in [4.69, 9.17) is 4.98 Å². The van der Waals surface area contributed by atoms with Crippen LogP contribution in [-0.4, -0.2) is 60.9 Å². The minimum Gasteiger partial charge on any atom is -0.481 e. The normalized spacial score (nSPS) is 26.2. The van der Waals surface area contributed by atoms with E-state index in [1.165, 1.54) is 12.8 Å². The minimum absolute atomic E-state index is 0.0119. The van der Waals surface area contributed by atoms with Crippen LogP contribution >= 0.6 is 0 Å². The number of pyridine rings is 1. The first-order valence-electron chi connectivity index (χ1n) is 14.6. The molecule has 2 atom stereocenters. The Kier molecular flexibility index (Phi) is 7.29. The molecular weight excluding hydrogens is 494 g/mol. The van der Waals surface area contributed by atoms with E-state index in [9.17, 15) is 19.8 Å². The van der Waals surface area contributed by atoms with Crippen molar-refractivity contribution in [1.82, 2.24) is 19.4 Å². The maximum absolute atomic E-state index is 14.1. The van der Waals surface area contributed by atoms with Gasteiger partial charge in [0.1, 0.15) is 5.65 Å². The van der Waals surface area contributed by atoms with E-state index in [0.717, 1.165) is 48.7 Å². The fourth-order valence-electron chi connectivity index (χ4n) is 6.56. The molecule has 208 valence electrons. The van der Waals surface area contributed by atoms with Crippen molar-refractivity contribution in [3.8, 4) is 0 Å². The number of anilines is 1. The van der Waals surface area contributed by atoms with Gasteiger partial charge in [-0.25, -0.2) is 4.98 Å². The molecule has 3 aromatic rings. The second-order valence-corrected chi connectivity index (χ2v) is 11.9. The number of aliphatic carboxylic acids is 1. The van der Waals surface area contributed by atoms with Crippen LogP contribution in [0.2, 0.25) is 0 Å². The van der Waals surface area contributed by atoms with Gasteiger partial charge in [-0.15, -0.1) is 0 Å². The third-order valence-electron chi connectivity index (χ3n) is 9.14. The van der Waals surface area contributed by atoms with E-state index in [2.05, 4.69) is 28.2 Å². The van der Waals surface area contributed by atoms with Crippen LogP contribution in [-0.2, 0) is 11.3 Å². The molecule has 3 heterocycles. The highest BCUT2D eigenvalue weighted by Crippen LogP contribution is 2.33. The van der Waals surface area contributed by atoms with Gasteiger partial charge in [-0.1, -0.05) is 19.1 Å². The lowest BCUT2D eigenvalue weighted by Crippen LogP contribution is -2.43. The summed E-state index contributed by atoms with van der Waals surface area (Å²) in [5.41, 5.74) is 1.68. The van der Waals surface area contributed by atoms with Gasteiger partial charge < -0.3 is 15.5 Å². The molecule has 2 saturated carbocycles. The highest BCUT2D eigenvalue weighted by molar-refractivity contribution is 6.04. The Labute approximate surface area is 228 Å². The number of rotatable bonds is 8. The van der Waals surface area contributed by atoms with Crippen LogP contribution in [0.4, 0.5) is 5.95 Å². The molecule has 0 bridgehead atoms. The van der Waals surface area contributed by atoms with E-state index in [-0.39, 0.29) is 29.7 Å². The fraction of sp³-hybridized carbons (Fsp3) is 0.600. The molecule has 1 aromatic carbocycles. The predicted octanol–water partition coefficient (Wildman–Crippen LogP) is 4.32. The number of aromatic nitrogens is 3. The van der Waals surface area contributed by atoms with Gasteiger partial charge >= 0.3 is 5.97 Å². The molecule has 6 rings (SSSR count). The summed E-state index contributed by atoms with van der Waals surface area (Å²) in [5.74, 6) is 0.266. The number of hydrogen-bond acceptors (Lipinski definition) is 7. The van der Waals surface area contributed by atoms with Crippen LogP contribution in [0, 0.1) is 11.8 Å². The maximum Gasteiger partial charge on any atom is 0.306 e. The molecule has 1 saturated heterocycles. The number of carboxylic acids is 1. The summed E-state index contributed by atoms with van der Waals surface area (Å²) >= 11 is 0. The van der Waals surface area contributed by atoms with Crippen LogP contribution in [0.25, 0.3) is 21.8 Å². The number of hydrogen-bond donors (Lipinski definition) is 3. The van der Waals surface area contributed by atoms with E-state index >= 15 is 0 Å². The van der Waals surface area contributed by atoms with Crippen molar-refractivity contribution < 1.29 is 15.0 Å². The van der Waals surface area contributed by atoms with E-state index < -0.39 is 5.97 Å². The van der Waals surface area contributed by atoms with Gasteiger partial charge in [-0.2, -0.15) is 4.98 Å². The summed E-state index contributed by atoms with van der Waals surface area (Å²) in [6.07, 6.45) is 9.07. The molecule has 9 heteroatoms. The van der Waals surface area contributed by atoms with E-state index in [0.29, 0.717) is 55.1 Å². The number of carboxylic acid groups (broad SMARTS) is 1. The first-order valence-corrected chi connectivity index (χ1v) is 14.6. The number of piperidine rings is 1. The summed E-state index contributed by atoms with van der Waals surface area (Å²) in [7, 11) is 0. The standard InChI is InChI=1S/C30H39N5O4/c1-2-21-14-20(29(38)39)11-12-34(21)17-19-5-10-24-25(13-19)28(37)35(22-6-8-23(36)9-7-22)27-26(24)16-32-30(33-27)31-15-18-3-4-18/h5,10,13,16,18,20-23,36H,2-4,6-9,11-12,14-15,17H2,1H3,(H,38,39)(H,31,32,33). The Morgan fingerprint density at radius 3 is 2.59 bits per heavy atom. The van der Waals surface area contributed by atoms with Crippen LogP contribution < -0.4 is 10.9 Å². The van der Waals surface area contributed by atoms with Crippen LogP contribution in [0.3, 0.4) is 0 Å². The first kappa shape index (κ1) is 26.2. The highest BCUT2D eigenvalue weighted by atomic mass is 16.4. The van der Waals surface area contributed by atoms with E-state index in [1.54, 1.807) is 0 Å². The van der Waals surface area contributed by atoms with Crippen molar-refractivity contribution in [2.24, 2.45) is 11.8 Å². The Bertz CT molecular complexity index is 1430. The van der Waals surface area contributed by atoms with Crippen molar-refractivity contribution in [2.75, 3.05) is 18.4 Å². The molecule has 1 aliphatic heterocycles. The molecule has 3 fully saturated rings. The quantitative estimate of drug-likeness (QED) is 0.366. The van der Waals surface area contributed by atoms with Crippen molar-refractivity contribution in [3.05, 3.63) is 40.3 Å². The van der Waals surface area contributed by atoms with Crippen LogP contribution in [0.1, 0.15) is 76.3 Å². The van der Waals surface area contributed by atoms with Gasteiger partial charge in [-0.05, 0) is 87.3 Å². The van der Waals surface area contributed by atoms with Crippen molar-refractivity contribution in [3.63, 3.8) is 0 Å². The third-order valence-corrected chi connectivity index (χ3v) is 9.14. The topological polar surface area (TPSA) is 121 Å². The lowest BCUT2D eigenvalue weighted by Gasteiger charge is -2.38. The number of benzene rings is 1. The molecule has 3 N–H and O–H groups in total. The number of fused-ring (bicyclic) bond motifs is 3. The average molecular weight is 534 g/mol. The number of aliphatic hydroxyl groups is 1. The van der Waals surface area contributed by atoms with Crippen LogP contribution in [0.15, 0.2) is 29.2 Å². The lowest BCUT2D eigenvalue weighted by atomic mass is 9.89. The average Bonchev–Trinajstić information content (AvgIpc) is 3.78. The molecular formula is C30H39N5O4. The smallest absolute Gasteiger partial charge is 0.306 e. The fourth-order valence-corrected chi connectivity index (χ4v) is 6.56. The monoisotopic (exact) mass is 533 g/mol. The molecule has 2 aromatic heterocycles. The highest BCUT2D eigenvalue weighted by Gasteiger charge is 2.31. The first-order chi connectivity index (χ1) is 18.9. The predicted molar refractivity (Wildman–Crippen MR) is 151 cm³/mol. The largest absolute Gasteiger partial charge is 0.481 e. The number of carbonyl (C=O) groups is 1. The maximum atomic E-state index is 14.1. The van der Waals surface area contributed by atoms with Gasteiger partial charge in [0.05, 0.1) is 12.0 Å². The number of aliphatic hydroxyl groups excluding tert-OH is 1. The molecule has 2 aliphatic carbocycles. The molecule has 3 aliphatic rings. The van der Waals surface area contributed by atoms with Gasteiger partial charge in [-0.3, -0.25) is 19.1 Å². The number of likely N-dealkylation sites (tertiary alicyclic amines) is 1. The van der Waals surface area contributed by atoms with Crippen molar-refractivity contribution >= 4 is 33.7 Å². The van der Waals surface area contributed by atoms with Gasteiger partial charge in [0, 0.05) is 42.1 Å². The summed E-state index contributed by atoms with van der Waals surface area (Å²) in [4.78, 5) is 37.5. The summed E-state index contributed by atoms with van der Waals surface area (Å²) < 4.78 is 1.87. The SMILES string of the molecule is CCC1CC(C(=O)O)CCN1Cc1ccc2c(c1)c(=O)n(C1CCC(O)CC1)c1nc(NCC3CC3)ncc21. The summed E-state index contributed by atoms with van der Waals surface area (Å²) in [5, 5.41) is 25.4. The minimum atomic E-state index is -0.699. The number of nitrogens with zero attached hydrogens (tertiary/aromatic N) is 4. The zero-order valence-electron chi connectivity index (χ0n) is 22.7. The van der Waals surface area contributed by atoms with Gasteiger partial charge in [0.2, 0.25) is 5.95 Å². The Morgan fingerprint density at radius 2 is 1.87 bits per heavy atom. The third kappa shape index (κ3) is 5.39. The molecule has 39 heavy (non-hydrogen) atoms. The van der Waals surface area contributed by atoms with Crippen LogP contribution in [0.5, 0.6) is 0 Å². The summed E-state index contributed by atoms with van der Waals surface area (Å²) in [6.45, 7) is 4.39. The molecule has 0 radical (unpaired) electrons. The van der Waals surface area contributed by atoms with E-state index in [1.807, 2.05) is 22.9 Å². The van der Waals surface area contributed by atoms with Crippen molar-refractivity contribution in [2.45, 2.75) is 89.4 Å². The van der Waals surface area contributed by atoms with Crippen molar-refractivity contribution in [1.29, 1.82) is 0 Å². The molecule has 0 spiro atoms. The second-order valence-electron chi connectivity index (χ2n) is 11.9. The summed E-state index contributed by atoms with van der Waals surface area (Å²) in [6, 6.07) is 6.32. The second kappa shape index (κ2) is 10.8. The number of nitrogens with one attached hydrogen (secondary N) is 1. The molecule has 2 unspecified atom stereocenters. The Hall–Kier alpha value is -3.04. The Morgan fingerprint density at radius 1 is 1.08 bits per heavy atom.